The third-order valence-electron chi connectivity index (χ3n) is 3.92. The van der Waals surface area contributed by atoms with Gasteiger partial charge in [-0.25, -0.2) is 23.1 Å². The molecule has 10 nitrogen and oxygen atoms in total. The number of aryl methyl sites for hydroxylation is 1. The Morgan fingerprint density at radius 2 is 1.69 bits per heavy atom. The number of carbonyl (C=O) groups excluding carboxylic acids is 3. The molecule has 0 saturated heterocycles. The quantitative estimate of drug-likeness (QED) is 0.565. The van der Waals surface area contributed by atoms with Gasteiger partial charge in [0, 0.05) is 11.4 Å². The fraction of sp³-hybridized carbons (Fsp3) is 0.278. The topological polar surface area (TPSA) is 158 Å². The van der Waals surface area contributed by atoms with Gasteiger partial charge in [0.05, 0.1) is 17.1 Å². The second kappa shape index (κ2) is 8.88. The Morgan fingerprint density at radius 3 is 2.24 bits per heavy atom. The first kappa shape index (κ1) is 22.1. The Balaban J connectivity index is 2.00. The first-order valence-corrected chi connectivity index (χ1v) is 10.0. The highest BCUT2D eigenvalue weighted by Gasteiger charge is 2.24. The number of anilines is 1. The van der Waals surface area contributed by atoms with Crippen LogP contribution in [0.15, 0.2) is 29.2 Å². The van der Waals surface area contributed by atoms with Crippen LogP contribution >= 0.6 is 0 Å². The summed E-state index contributed by atoms with van der Waals surface area (Å²) in [5.41, 5.74) is 1.38. The maximum absolute atomic E-state index is 12.3. The number of primary sulfonamides is 1. The zero-order valence-electron chi connectivity index (χ0n) is 16.1. The molecule has 0 aliphatic heterocycles. The van der Waals surface area contributed by atoms with Crippen molar-refractivity contribution in [3.05, 3.63) is 46.8 Å². The van der Waals surface area contributed by atoms with Crippen LogP contribution in [0.5, 0.6) is 0 Å². The van der Waals surface area contributed by atoms with Gasteiger partial charge in [0.1, 0.15) is 5.69 Å². The van der Waals surface area contributed by atoms with E-state index in [4.69, 9.17) is 14.6 Å². The van der Waals surface area contributed by atoms with Crippen molar-refractivity contribution in [2.75, 3.05) is 18.5 Å². The number of nitrogens with one attached hydrogen (secondary N) is 2. The van der Waals surface area contributed by atoms with Crippen LogP contribution in [0.4, 0.5) is 5.69 Å². The van der Waals surface area contributed by atoms with E-state index in [-0.39, 0.29) is 22.8 Å². The van der Waals surface area contributed by atoms with Crippen LogP contribution in [0, 0.1) is 13.8 Å². The van der Waals surface area contributed by atoms with Crippen LogP contribution in [-0.2, 0) is 24.3 Å². The molecule has 11 heteroatoms. The van der Waals surface area contributed by atoms with Crippen molar-refractivity contribution in [2.45, 2.75) is 25.7 Å². The van der Waals surface area contributed by atoms with Crippen molar-refractivity contribution in [1.82, 2.24) is 4.98 Å². The number of hydrogen-bond donors (Lipinski definition) is 3. The molecule has 2 rings (SSSR count). The Hall–Kier alpha value is -3.18. The third kappa shape index (κ3) is 5.42. The number of rotatable bonds is 7. The van der Waals surface area contributed by atoms with Gasteiger partial charge in [-0.1, -0.05) is 0 Å². The van der Waals surface area contributed by atoms with E-state index in [0.717, 1.165) is 0 Å². The SMILES string of the molecule is CCOC(=O)c1[nH]c(C)c(C(=O)OCC(=O)Nc2ccc(S(N)(=O)=O)cc2)c1C. The summed E-state index contributed by atoms with van der Waals surface area (Å²) >= 11 is 0. The Kier molecular flexibility index (Phi) is 6.77. The van der Waals surface area contributed by atoms with Crippen molar-refractivity contribution >= 4 is 33.6 Å². The number of hydrogen-bond acceptors (Lipinski definition) is 7. The fourth-order valence-electron chi connectivity index (χ4n) is 2.59. The number of nitrogens with two attached hydrogens (primary N) is 1. The van der Waals surface area contributed by atoms with Gasteiger partial charge >= 0.3 is 11.9 Å². The molecule has 1 heterocycles. The molecule has 4 N–H and O–H groups in total. The highest BCUT2D eigenvalue weighted by molar-refractivity contribution is 7.89. The lowest BCUT2D eigenvalue weighted by Crippen LogP contribution is -2.21. The number of esters is 2. The molecule has 156 valence electrons. The van der Waals surface area contributed by atoms with E-state index in [2.05, 4.69) is 10.3 Å². The number of aromatic nitrogens is 1. The minimum atomic E-state index is -3.83. The summed E-state index contributed by atoms with van der Waals surface area (Å²) in [6, 6.07) is 5.18. The molecule has 0 fully saturated rings. The van der Waals surface area contributed by atoms with E-state index >= 15 is 0 Å². The van der Waals surface area contributed by atoms with Crippen LogP contribution in [0.1, 0.15) is 39.0 Å². The minimum Gasteiger partial charge on any atom is -0.461 e. The van der Waals surface area contributed by atoms with Crippen LogP contribution in [0.3, 0.4) is 0 Å². The summed E-state index contributed by atoms with van der Waals surface area (Å²) in [4.78, 5) is 38.9. The fourth-order valence-corrected chi connectivity index (χ4v) is 3.11. The lowest BCUT2D eigenvalue weighted by Gasteiger charge is -2.08. The summed E-state index contributed by atoms with van der Waals surface area (Å²) in [6.45, 7) is 4.45. The van der Waals surface area contributed by atoms with Gasteiger partial charge in [0.15, 0.2) is 6.61 Å². The van der Waals surface area contributed by atoms with Crippen LogP contribution in [-0.4, -0.2) is 44.5 Å². The van der Waals surface area contributed by atoms with Crippen LogP contribution in [0.25, 0.3) is 0 Å². The average molecular weight is 423 g/mol. The monoisotopic (exact) mass is 423 g/mol. The minimum absolute atomic E-state index is 0.0993. The molecule has 29 heavy (non-hydrogen) atoms. The van der Waals surface area contributed by atoms with E-state index in [1.54, 1.807) is 20.8 Å². The van der Waals surface area contributed by atoms with Gasteiger partial charge in [0.25, 0.3) is 5.91 Å². The van der Waals surface area contributed by atoms with Crippen molar-refractivity contribution < 1.29 is 32.3 Å². The van der Waals surface area contributed by atoms with E-state index in [0.29, 0.717) is 16.9 Å². The molecule has 0 unspecified atom stereocenters. The normalized spacial score (nSPS) is 11.0. The molecule has 0 radical (unpaired) electrons. The first-order valence-electron chi connectivity index (χ1n) is 8.50. The summed E-state index contributed by atoms with van der Waals surface area (Å²) in [5, 5.41) is 7.46. The number of H-pyrrole nitrogens is 1. The molecule has 0 bridgehead atoms. The van der Waals surface area contributed by atoms with Crippen LogP contribution < -0.4 is 10.5 Å². The molecule has 0 spiro atoms. The second-order valence-electron chi connectivity index (χ2n) is 6.04. The van der Waals surface area contributed by atoms with E-state index in [1.807, 2.05) is 0 Å². The van der Waals surface area contributed by atoms with Gasteiger partial charge in [-0.05, 0) is 50.6 Å². The zero-order chi connectivity index (χ0) is 21.8. The predicted octanol–water partition coefficient (Wildman–Crippen LogP) is 1.25. The summed E-state index contributed by atoms with van der Waals surface area (Å²) in [6.07, 6.45) is 0. The standard InChI is InChI=1S/C18H21N3O7S/c1-4-27-18(24)16-10(2)15(11(3)20-16)17(23)28-9-14(22)21-12-5-7-13(8-6-12)29(19,25)26/h5-8,20H,4,9H2,1-3H3,(H,21,22)(H2,19,25,26). The molecule has 1 aromatic heterocycles. The summed E-state index contributed by atoms with van der Waals surface area (Å²) < 4.78 is 32.4. The maximum Gasteiger partial charge on any atom is 0.355 e. The van der Waals surface area contributed by atoms with Gasteiger partial charge in [-0.2, -0.15) is 0 Å². The largest absolute Gasteiger partial charge is 0.461 e. The molecule has 1 amide bonds. The Labute approximate surface area is 167 Å². The highest BCUT2D eigenvalue weighted by atomic mass is 32.2. The highest BCUT2D eigenvalue weighted by Crippen LogP contribution is 2.20. The number of sulfonamides is 1. The number of aromatic amines is 1. The predicted molar refractivity (Wildman–Crippen MR) is 103 cm³/mol. The second-order valence-corrected chi connectivity index (χ2v) is 7.60. The van der Waals surface area contributed by atoms with Crippen LogP contribution in [0.2, 0.25) is 0 Å². The summed E-state index contributed by atoms with van der Waals surface area (Å²) in [7, 11) is -3.83. The Bertz CT molecular complexity index is 1040. The molecule has 2 aromatic rings. The average Bonchev–Trinajstić information content (AvgIpc) is 2.94. The van der Waals surface area contributed by atoms with Crippen molar-refractivity contribution in [1.29, 1.82) is 0 Å². The number of ether oxygens (including phenoxy) is 2. The van der Waals surface area contributed by atoms with E-state index in [1.165, 1.54) is 24.3 Å². The maximum atomic E-state index is 12.3. The molecule has 0 saturated carbocycles. The lowest BCUT2D eigenvalue weighted by molar-refractivity contribution is -0.119. The van der Waals surface area contributed by atoms with Gasteiger partial charge in [-0.3, -0.25) is 4.79 Å². The van der Waals surface area contributed by atoms with E-state index < -0.39 is 34.5 Å². The molecule has 1 aromatic carbocycles. The molecule has 0 atom stereocenters. The smallest absolute Gasteiger partial charge is 0.355 e. The summed E-state index contributed by atoms with van der Waals surface area (Å²) in [5.74, 6) is -1.99. The number of carbonyl (C=O) groups is 3. The molecular weight excluding hydrogens is 402 g/mol. The van der Waals surface area contributed by atoms with Crippen molar-refractivity contribution in [3.63, 3.8) is 0 Å². The van der Waals surface area contributed by atoms with Crippen molar-refractivity contribution in [2.24, 2.45) is 5.14 Å². The third-order valence-corrected chi connectivity index (χ3v) is 4.85. The van der Waals surface area contributed by atoms with Gasteiger partial charge in [-0.15, -0.1) is 0 Å². The number of amides is 1. The van der Waals surface area contributed by atoms with E-state index in [9.17, 15) is 22.8 Å². The van der Waals surface area contributed by atoms with Crippen molar-refractivity contribution in [3.8, 4) is 0 Å². The Morgan fingerprint density at radius 1 is 1.07 bits per heavy atom. The first-order chi connectivity index (χ1) is 13.5. The lowest BCUT2D eigenvalue weighted by atomic mass is 10.1. The van der Waals surface area contributed by atoms with Gasteiger partial charge < -0.3 is 19.8 Å². The number of benzene rings is 1. The van der Waals surface area contributed by atoms with Gasteiger partial charge in [0.2, 0.25) is 10.0 Å². The molecule has 0 aliphatic rings. The molecule has 0 aliphatic carbocycles. The molecular formula is C18H21N3O7S. The zero-order valence-corrected chi connectivity index (χ0v) is 16.9.